The Morgan fingerprint density at radius 2 is 1.84 bits per heavy atom. The van der Waals surface area contributed by atoms with Gasteiger partial charge in [0.1, 0.15) is 6.10 Å². The number of alkyl halides is 2. The molecule has 1 amide bonds. The first-order valence-electron chi connectivity index (χ1n) is 6.07. The number of rotatable bonds is 5. The van der Waals surface area contributed by atoms with Crippen LogP contribution in [0.5, 0.6) is 0 Å². The molecule has 5 atom stereocenters. The molecule has 0 saturated heterocycles. The highest BCUT2D eigenvalue weighted by Crippen LogP contribution is 2.48. The van der Waals surface area contributed by atoms with Gasteiger partial charge in [-0.25, -0.2) is 8.78 Å². The minimum Gasteiger partial charge on any atom is -0.481 e. The van der Waals surface area contributed by atoms with Gasteiger partial charge in [-0.15, -0.1) is 0 Å². The van der Waals surface area contributed by atoms with Crippen molar-refractivity contribution in [2.75, 3.05) is 6.54 Å². The SMILES string of the molecule is O=C(O)[C@@H]1C2C=CC(C2)[C@@H]1C(=O)NCC(O)C(F)F. The molecule has 0 aromatic carbocycles. The van der Waals surface area contributed by atoms with Crippen molar-refractivity contribution in [3.8, 4) is 0 Å². The van der Waals surface area contributed by atoms with Crippen LogP contribution in [0, 0.1) is 23.7 Å². The van der Waals surface area contributed by atoms with Crippen molar-refractivity contribution < 1.29 is 28.6 Å². The first kappa shape index (κ1) is 13.9. The molecule has 106 valence electrons. The minimum atomic E-state index is -2.93. The lowest BCUT2D eigenvalue weighted by Crippen LogP contribution is -2.43. The van der Waals surface area contributed by atoms with E-state index in [2.05, 4.69) is 5.32 Å². The molecule has 0 aromatic heterocycles. The molecule has 0 radical (unpaired) electrons. The van der Waals surface area contributed by atoms with Crippen LogP contribution in [0.3, 0.4) is 0 Å². The van der Waals surface area contributed by atoms with Gasteiger partial charge in [-0.2, -0.15) is 0 Å². The van der Waals surface area contributed by atoms with Crippen LogP contribution < -0.4 is 5.32 Å². The fourth-order valence-corrected chi connectivity index (χ4v) is 2.93. The lowest BCUT2D eigenvalue weighted by Gasteiger charge is -2.24. The third-order valence-electron chi connectivity index (χ3n) is 3.82. The summed E-state index contributed by atoms with van der Waals surface area (Å²) in [6, 6.07) is 0. The van der Waals surface area contributed by atoms with Crippen molar-refractivity contribution in [3.63, 3.8) is 0 Å². The van der Waals surface area contributed by atoms with E-state index in [9.17, 15) is 18.4 Å². The molecule has 2 bridgehead atoms. The number of carboxylic acids is 1. The molecule has 5 nitrogen and oxygen atoms in total. The average molecular weight is 275 g/mol. The zero-order valence-corrected chi connectivity index (χ0v) is 10.00. The zero-order chi connectivity index (χ0) is 14.2. The summed E-state index contributed by atoms with van der Waals surface area (Å²) in [5.41, 5.74) is 0. The van der Waals surface area contributed by atoms with Crippen molar-refractivity contribution in [2.45, 2.75) is 19.0 Å². The van der Waals surface area contributed by atoms with E-state index in [0.29, 0.717) is 6.42 Å². The number of aliphatic hydroxyl groups is 1. The van der Waals surface area contributed by atoms with E-state index in [-0.39, 0.29) is 11.8 Å². The highest BCUT2D eigenvalue weighted by molar-refractivity contribution is 5.86. The molecule has 0 heterocycles. The van der Waals surface area contributed by atoms with E-state index in [0.717, 1.165) is 0 Å². The van der Waals surface area contributed by atoms with Gasteiger partial charge in [-0.3, -0.25) is 9.59 Å². The zero-order valence-electron chi connectivity index (χ0n) is 10.00. The quantitative estimate of drug-likeness (QED) is 0.628. The molecule has 19 heavy (non-hydrogen) atoms. The van der Waals surface area contributed by atoms with Crippen LogP contribution >= 0.6 is 0 Å². The number of carbonyl (C=O) groups is 2. The molecule has 2 rings (SSSR count). The van der Waals surface area contributed by atoms with Gasteiger partial charge < -0.3 is 15.5 Å². The summed E-state index contributed by atoms with van der Waals surface area (Å²) in [6.45, 7) is -0.569. The number of carbonyl (C=O) groups excluding carboxylic acids is 1. The van der Waals surface area contributed by atoms with Crippen molar-refractivity contribution >= 4 is 11.9 Å². The Morgan fingerprint density at radius 3 is 2.37 bits per heavy atom. The van der Waals surface area contributed by atoms with Crippen LogP contribution in [0.4, 0.5) is 8.78 Å². The molecule has 3 unspecified atom stereocenters. The lowest BCUT2D eigenvalue weighted by molar-refractivity contribution is -0.148. The number of aliphatic carboxylic acids is 1. The largest absolute Gasteiger partial charge is 0.481 e. The Kier molecular flexibility index (Phi) is 3.84. The summed E-state index contributed by atoms with van der Waals surface area (Å²) >= 11 is 0. The highest BCUT2D eigenvalue weighted by Gasteiger charge is 2.51. The predicted octanol–water partition coefficient (Wildman–Crippen LogP) is 0.252. The fraction of sp³-hybridized carbons (Fsp3) is 0.667. The molecule has 7 heteroatoms. The number of aliphatic hydroxyl groups excluding tert-OH is 1. The van der Waals surface area contributed by atoms with Crippen LogP contribution in [0.15, 0.2) is 12.2 Å². The summed E-state index contributed by atoms with van der Waals surface area (Å²) in [4.78, 5) is 23.1. The molecule has 2 aliphatic carbocycles. The van der Waals surface area contributed by atoms with Gasteiger partial charge in [-0.1, -0.05) is 12.2 Å². The second kappa shape index (κ2) is 5.24. The van der Waals surface area contributed by atoms with Gasteiger partial charge in [0.25, 0.3) is 6.43 Å². The molecular weight excluding hydrogens is 260 g/mol. The normalized spacial score (nSPS) is 33.7. The van der Waals surface area contributed by atoms with Crippen molar-refractivity contribution in [1.29, 1.82) is 0 Å². The third kappa shape index (κ3) is 2.60. The van der Waals surface area contributed by atoms with Crippen molar-refractivity contribution in [2.24, 2.45) is 23.7 Å². The van der Waals surface area contributed by atoms with Gasteiger partial charge >= 0.3 is 5.97 Å². The molecule has 0 aromatic rings. The van der Waals surface area contributed by atoms with E-state index in [1.54, 1.807) is 12.2 Å². The Hall–Kier alpha value is -1.50. The number of carboxylic acid groups (broad SMARTS) is 1. The Bertz CT molecular complexity index is 413. The molecular formula is C12H15F2NO4. The van der Waals surface area contributed by atoms with Gasteiger partial charge in [0.2, 0.25) is 5.91 Å². The van der Waals surface area contributed by atoms with Crippen LogP contribution in [0.1, 0.15) is 6.42 Å². The monoisotopic (exact) mass is 275 g/mol. The highest BCUT2D eigenvalue weighted by atomic mass is 19.3. The van der Waals surface area contributed by atoms with E-state index in [1.165, 1.54) is 0 Å². The van der Waals surface area contributed by atoms with E-state index >= 15 is 0 Å². The van der Waals surface area contributed by atoms with Gasteiger partial charge in [0.05, 0.1) is 11.8 Å². The number of allylic oxidation sites excluding steroid dienone is 2. The molecule has 1 saturated carbocycles. The fourth-order valence-electron chi connectivity index (χ4n) is 2.93. The second-order valence-electron chi connectivity index (χ2n) is 4.99. The smallest absolute Gasteiger partial charge is 0.307 e. The summed E-state index contributed by atoms with van der Waals surface area (Å²) in [5, 5.41) is 20.3. The first-order chi connectivity index (χ1) is 8.91. The van der Waals surface area contributed by atoms with Crippen LogP contribution in [-0.2, 0) is 9.59 Å². The average Bonchev–Trinajstić information content (AvgIpc) is 2.94. The number of fused-ring (bicyclic) bond motifs is 2. The number of amides is 1. The van der Waals surface area contributed by atoms with Gasteiger partial charge in [-0.05, 0) is 18.3 Å². The van der Waals surface area contributed by atoms with Crippen LogP contribution in [-0.4, -0.2) is 41.2 Å². The first-order valence-corrected chi connectivity index (χ1v) is 6.07. The number of hydrogen-bond acceptors (Lipinski definition) is 3. The molecule has 2 aliphatic rings. The maximum atomic E-state index is 12.1. The Balaban J connectivity index is 1.98. The van der Waals surface area contributed by atoms with Crippen molar-refractivity contribution in [3.05, 3.63) is 12.2 Å². The van der Waals surface area contributed by atoms with Gasteiger partial charge in [0.15, 0.2) is 0 Å². The Morgan fingerprint density at radius 1 is 1.26 bits per heavy atom. The predicted molar refractivity (Wildman–Crippen MR) is 60.4 cm³/mol. The minimum absolute atomic E-state index is 0.158. The van der Waals surface area contributed by atoms with E-state index in [1.807, 2.05) is 0 Å². The molecule has 3 N–H and O–H groups in total. The second-order valence-corrected chi connectivity index (χ2v) is 4.99. The standard InChI is InChI=1S/C12H15F2NO4/c13-10(14)7(16)4-15-11(17)8-5-1-2-6(3-5)9(8)12(18)19/h1-2,5-10,16H,3-4H2,(H,15,17)(H,18,19)/t5?,6?,7?,8-,9+/m0/s1. The summed E-state index contributed by atoms with van der Waals surface area (Å²) in [7, 11) is 0. The number of halogens is 2. The topological polar surface area (TPSA) is 86.6 Å². The van der Waals surface area contributed by atoms with E-state index in [4.69, 9.17) is 10.2 Å². The van der Waals surface area contributed by atoms with Crippen LogP contribution in [0.25, 0.3) is 0 Å². The maximum Gasteiger partial charge on any atom is 0.307 e. The van der Waals surface area contributed by atoms with Crippen molar-refractivity contribution in [1.82, 2.24) is 5.32 Å². The molecule has 0 spiro atoms. The van der Waals surface area contributed by atoms with E-state index < -0.39 is 42.8 Å². The lowest BCUT2D eigenvalue weighted by atomic mass is 9.82. The maximum absolute atomic E-state index is 12.1. The third-order valence-corrected chi connectivity index (χ3v) is 3.82. The molecule has 1 fully saturated rings. The van der Waals surface area contributed by atoms with Crippen LogP contribution in [0.2, 0.25) is 0 Å². The summed E-state index contributed by atoms with van der Waals surface area (Å²) < 4.78 is 24.2. The summed E-state index contributed by atoms with van der Waals surface area (Å²) in [5.74, 6) is -3.50. The summed E-state index contributed by atoms with van der Waals surface area (Å²) in [6.07, 6.45) is -0.664. The Labute approximate surface area is 108 Å². The van der Waals surface area contributed by atoms with Gasteiger partial charge in [0, 0.05) is 6.54 Å². The molecule has 0 aliphatic heterocycles. The number of hydrogen-bond donors (Lipinski definition) is 3. The number of nitrogens with one attached hydrogen (secondary N) is 1.